The molecule has 17 heavy (non-hydrogen) atoms. The predicted molar refractivity (Wildman–Crippen MR) is 68.9 cm³/mol. The van der Waals surface area contributed by atoms with Crippen molar-refractivity contribution in [3.63, 3.8) is 0 Å². The van der Waals surface area contributed by atoms with E-state index in [9.17, 15) is 9.59 Å². The number of hydrogen-bond acceptors (Lipinski definition) is 3. The summed E-state index contributed by atoms with van der Waals surface area (Å²) >= 11 is 0. The Morgan fingerprint density at radius 1 is 1.59 bits per heavy atom. The fourth-order valence-corrected chi connectivity index (χ4v) is 1.68. The SMILES string of the molecule is CC(CN1CCCC1=O)NC(=O)C(C)(C)N.Cl. The second-order valence-electron chi connectivity index (χ2n) is 5.04. The lowest BCUT2D eigenvalue weighted by molar-refractivity contribution is -0.130. The summed E-state index contributed by atoms with van der Waals surface area (Å²) in [7, 11) is 0. The van der Waals surface area contributed by atoms with E-state index >= 15 is 0 Å². The number of rotatable bonds is 4. The highest BCUT2D eigenvalue weighted by Crippen LogP contribution is 2.10. The van der Waals surface area contributed by atoms with Gasteiger partial charge >= 0.3 is 0 Å². The van der Waals surface area contributed by atoms with E-state index in [0.29, 0.717) is 13.0 Å². The predicted octanol–water partition coefficient (Wildman–Crippen LogP) is 0.273. The van der Waals surface area contributed by atoms with Crippen molar-refractivity contribution in [2.45, 2.75) is 45.2 Å². The zero-order valence-electron chi connectivity index (χ0n) is 10.7. The van der Waals surface area contributed by atoms with Crippen LogP contribution < -0.4 is 11.1 Å². The van der Waals surface area contributed by atoms with E-state index in [1.165, 1.54) is 0 Å². The van der Waals surface area contributed by atoms with Crippen LogP contribution in [0.15, 0.2) is 0 Å². The molecule has 1 heterocycles. The van der Waals surface area contributed by atoms with E-state index in [1.54, 1.807) is 18.7 Å². The molecule has 0 aliphatic carbocycles. The molecule has 6 heteroatoms. The molecular weight excluding hydrogens is 242 g/mol. The van der Waals surface area contributed by atoms with Crippen molar-refractivity contribution in [3.8, 4) is 0 Å². The first-order valence-corrected chi connectivity index (χ1v) is 5.68. The number of carbonyl (C=O) groups excluding carboxylic acids is 2. The molecule has 0 aromatic heterocycles. The van der Waals surface area contributed by atoms with Crippen molar-refractivity contribution in [1.29, 1.82) is 0 Å². The van der Waals surface area contributed by atoms with Gasteiger partial charge in [0.25, 0.3) is 0 Å². The van der Waals surface area contributed by atoms with Crippen LogP contribution in [-0.2, 0) is 9.59 Å². The third-order valence-electron chi connectivity index (χ3n) is 2.63. The van der Waals surface area contributed by atoms with E-state index < -0.39 is 5.54 Å². The van der Waals surface area contributed by atoms with Crippen molar-refractivity contribution in [3.05, 3.63) is 0 Å². The fourth-order valence-electron chi connectivity index (χ4n) is 1.68. The van der Waals surface area contributed by atoms with Crippen LogP contribution in [0, 0.1) is 0 Å². The highest BCUT2D eigenvalue weighted by atomic mass is 35.5. The van der Waals surface area contributed by atoms with Crippen LogP contribution in [0.1, 0.15) is 33.6 Å². The van der Waals surface area contributed by atoms with Crippen molar-refractivity contribution < 1.29 is 9.59 Å². The maximum atomic E-state index is 11.6. The van der Waals surface area contributed by atoms with Gasteiger partial charge in [0.05, 0.1) is 5.54 Å². The smallest absolute Gasteiger partial charge is 0.239 e. The number of amides is 2. The van der Waals surface area contributed by atoms with Gasteiger partial charge in [0.15, 0.2) is 0 Å². The van der Waals surface area contributed by atoms with Gasteiger partial charge < -0.3 is 16.0 Å². The summed E-state index contributed by atoms with van der Waals surface area (Å²) in [5.74, 6) is -0.0141. The van der Waals surface area contributed by atoms with Crippen molar-refractivity contribution in [2.75, 3.05) is 13.1 Å². The van der Waals surface area contributed by atoms with Gasteiger partial charge in [-0.05, 0) is 27.2 Å². The van der Waals surface area contributed by atoms with E-state index in [1.807, 2.05) is 6.92 Å². The minimum absolute atomic E-state index is 0. The Hall–Kier alpha value is -0.810. The number of nitrogens with two attached hydrogens (primary N) is 1. The lowest BCUT2D eigenvalue weighted by Crippen LogP contribution is -2.53. The number of nitrogens with zero attached hydrogens (tertiary/aromatic N) is 1. The Bertz CT molecular complexity index is 289. The normalized spacial score (nSPS) is 17.6. The second-order valence-corrected chi connectivity index (χ2v) is 5.04. The zero-order valence-corrected chi connectivity index (χ0v) is 11.5. The van der Waals surface area contributed by atoms with Gasteiger partial charge in [0.1, 0.15) is 0 Å². The number of nitrogens with one attached hydrogen (secondary N) is 1. The van der Waals surface area contributed by atoms with Crippen LogP contribution in [0.5, 0.6) is 0 Å². The van der Waals surface area contributed by atoms with Crippen molar-refractivity contribution in [2.24, 2.45) is 5.73 Å². The summed E-state index contributed by atoms with van der Waals surface area (Å²) < 4.78 is 0. The van der Waals surface area contributed by atoms with E-state index in [4.69, 9.17) is 5.73 Å². The Morgan fingerprint density at radius 3 is 2.59 bits per heavy atom. The maximum absolute atomic E-state index is 11.6. The molecule has 0 bridgehead atoms. The summed E-state index contributed by atoms with van der Waals surface area (Å²) in [6.45, 7) is 6.58. The van der Waals surface area contributed by atoms with Crippen LogP contribution in [-0.4, -0.2) is 41.4 Å². The van der Waals surface area contributed by atoms with Crippen LogP contribution >= 0.6 is 12.4 Å². The molecular formula is C11H22ClN3O2. The molecule has 0 spiro atoms. The third-order valence-corrected chi connectivity index (χ3v) is 2.63. The molecule has 3 N–H and O–H groups in total. The molecule has 1 aliphatic rings. The highest BCUT2D eigenvalue weighted by Gasteiger charge is 2.26. The molecule has 0 radical (unpaired) electrons. The Balaban J connectivity index is 0.00000256. The molecule has 1 atom stereocenters. The lowest BCUT2D eigenvalue weighted by atomic mass is 10.1. The molecule has 2 amide bonds. The Kier molecular flexibility index (Phi) is 5.92. The summed E-state index contributed by atoms with van der Waals surface area (Å²) in [5.41, 5.74) is 4.80. The second kappa shape index (κ2) is 6.21. The average molecular weight is 264 g/mol. The van der Waals surface area contributed by atoms with Gasteiger partial charge in [0, 0.05) is 25.6 Å². The minimum atomic E-state index is -0.872. The van der Waals surface area contributed by atoms with Gasteiger partial charge in [-0.3, -0.25) is 9.59 Å². The first-order valence-electron chi connectivity index (χ1n) is 5.68. The van der Waals surface area contributed by atoms with Crippen LogP contribution in [0.3, 0.4) is 0 Å². The van der Waals surface area contributed by atoms with E-state index in [-0.39, 0.29) is 30.3 Å². The molecule has 1 saturated heterocycles. The lowest BCUT2D eigenvalue weighted by Gasteiger charge is -2.25. The van der Waals surface area contributed by atoms with E-state index in [2.05, 4.69) is 5.32 Å². The monoisotopic (exact) mass is 263 g/mol. The molecule has 5 nitrogen and oxygen atoms in total. The number of carbonyl (C=O) groups is 2. The molecule has 0 aromatic rings. The number of likely N-dealkylation sites (tertiary alicyclic amines) is 1. The van der Waals surface area contributed by atoms with Gasteiger partial charge in [0.2, 0.25) is 11.8 Å². The molecule has 1 aliphatic heterocycles. The zero-order chi connectivity index (χ0) is 12.3. The van der Waals surface area contributed by atoms with Gasteiger partial charge in [-0.2, -0.15) is 0 Å². The molecule has 100 valence electrons. The molecule has 0 aromatic carbocycles. The number of halogens is 1. The van der Waals surface area contributed by atoms with Gasteiger partial charge in [-0.1, -0.05) is 0 Å². The van der Waals surface area contributed by atoms with Gasteiger partial charge in [-0.25, -0.2) is 0 Å². The minimum Gasteiger partial charge on any atom is -0.350 e. The van der Waals surface area contributed by atoms with Crippen LogP contribution in [0.2, 0.25) is 0 Å². The Morgan fingerprint density at radius 2 is 2.18 bits per heavy atom. The van der Waals surface area contributed by atoms with Crippen molar-refractivity contribution in [1.82, 2.24) is 10.2 Å². The summed E-state index contributed by atoms with van der Waals surface area (Å²) in [4.78, 5) is 24.8. The van der Waals surface area contributed by atoms with Gasteiger partial charge in [-0.15, -0.1) is 12.4 Å². The molecule has 1 rings (SSSR count). The van der Waals surface area contributed by atoms with Crippen LogP contribution in [0.25, 0.3) is 0 Å². The fraction of sp³-hybridized carbons (Fsp3) is 0.818. The summed E-state index contributed by atoms with van der Waals surface area (Å²) in [6.07, 6.45) is 1.55. The average Bonchev–Trinajstić information content (AvgIpc) is 2.50. The standard InChI is InChI=1S/C11H21N3O2.ClH/c1-8(13-10(16)11(2,3)12)7-14-6-4-5-9(14)15;/h8H,4-7,12H2,1-3H3,(H,13,16);1H. The highest BCUT2D eigenvalue weighted by molar-refractivity contribution is 5.85. The molecule has 1 unspecified atom stereocenters. The summed E-state index contributed by atoms with van der Waals surface area (Å²) in [6, 6.07) is -0.0580. The van der Waals surface area contributed by atoms with Crippen LogP contribution in [0.4, 0.5) is 0 Å². The van der Waals surface area contributed by atoms with E-state index in [0.717, 1.165) is 13.0 Å². The quantitative estimate of drug-likeness (QED) is 0.765. The van der Waals surface area contributed by atoms with Crippen molar-refractivity contribution >= 4 is 24.2 Å². The Labute approximate surface area is 109 Å². The third kappa shape index (κ3) is 4.91. The molecule has 1 fully saturated rings. The first kappa shape index (κ1) is 16.2. The first-order chi connectivity index (χ1) is 7.30. The maximum Gasteiger partial charge on any atom is 0.239 e. The summed E-state index contributed by atoms with van der Waals surface area (Å²) in [5, 5.41) is 2.81. The molecule has 0 saturated carbocycles. The topological polar surface area (TPSA) is 75.4 Å². The number of hydrogen-bond donors (Lipinski definition) is 2. The largest absolute Gasteiger partial charge is 0.350 e.